The van der Waals surface area contributed by atoms with Crippen LogP contribution in [0.25, 0.3) is 0 Å². The van der Waals surface area contributed by atoms with Crippen LogP contribution in [0.4, 0.5) is 0 Å². The highest BCUT2D eigenvalue weighted by Gasteiger charge is 2.19. The molecule has 1 aliphatic rings. The largest absolute Gasteiger partial charge is 0.633 e. The van der Waals surface area contributed by atoms with E-state index in [2.05, 4.69) is 6.92 Å². The van der Waals surface area contributed by atoms with Crippen LogP contribution in [0.1, 0.15) is 26.2 Å². The number of unbranched alkanes of at least 4 members (excludes halogenated alkanes) is 2. The molecule has 0 aromatic rings. The Bertz CT molecular complexity index is 122. The molecule has 0 radical (unpaired) electrons. The second-order valence-corrected chi connectivity index (χ2v) is 3.55. The Morgan fingerprint density at radius 3 is 2.50 bits per heavy atom. The van der Waals surface area contributed by atoms with E-state index < -0.39 is 0 Å². The van der Waals surface area contributed by atoms with Gasteiger partial charge in [0.15, 0.2) is 0 Å². The van der Waals surface area contributed by atoms with Crippen LogP contribution in [0.15, 0.2) is 0 Å². The first-order valence-corrected chi connectivity index (χ1v) is 4.92. The van der Waals surface area contributed by atoms with E-state index in [-0.39, 0.29) is 4.65 Å². The molecule has 1 fully saturated rings. The molecule has 0 atom stereocenters. The van der Waals surface area contributed by atoms with Gasteiger partial charge in [-0.1, -0.05) is 13.3 Å². The topological polar surface area (TPSA) is 32.3 Å². The molecule has 0 amide bonds. The third-order valence-corrected chi connectivity index (χ3v) is 2.46. The Morgan fingerprint density at radius 1 is 1.25 bits per heavy atom. The van der Waals surface area contributed by atoms with Crippen molar-refractivity contribution in [2.75, 3.05) is 32.8 Å². The van der Waals surface area contributed by atoms with Gasteiger partial charge in [-0.3, -0.25) is 0 Å². The van der Waals surface area contributed by atoms with Crippen LogP contribution in [0, 0.1) is 5.21 Å². The molecule has 0 saturated carbocycles. The highest BCUT2D eigenvalue weighted by molar-refractivity contribution is 4.50. The number of hydroxylamine groups is 3. The maximum Gasteiger partial charge on any atom is 0.102 e. The highest BCUT2D eigenvalue weighted by atomic mass is 16.6. The van der Waals surface area contributed by atoms with Crippen molar-refractivity contribution in [2.45, 2.75) is 26.2 Å². The first-order valence-electron chi connectivity index (χ1n) is 4.92. The van der Waals surface area contributed by atoms with Gasteiger partial charge in [-0.2, -0.15) is 0 Å². The first-order chi connectivity index (χ1) is 5.77. The Morgan fingerprint density at radius 2 is 1.92 bits per heavy atom. The summed E-state index contributed by atoms with van der Waals surface area (Å²) in [7, 11) is 0. The average molecular weight is 173 g/mol. The molecule has 0 aliphatic carbocycles. The van der Waals surface area contributed by atoms with Crippen molar-refractivity contribution in [3.63, 3.8) is 0 Å². The molecule has 1 aliphatic heterocycles. The first kappa shape index (κ1) is 9.96. The Labute approximate surface area is 74.5 Å². The van der Waals surface area contributed by atoms with Crippen molar-refractivity contribution < 1.29 is 9.38 Å². The van der Waals surface area contributed by atoms with Gasteiger partial charge in [0.2, 0.25) is 0 Å². The lowest BCUT2D eigenvalue weighted by molar-refractivity contribution is -0.888. The van der Waals surface area contributed by atoms with Crippen molar-refractivity contribution in [1.82, 2.24) is 0 Å². The molecule has 3 nitrogen and oxygen atoms in total. The number of nitrogens with zero attached hydrogens (tertiary/aromatic N) is 1. The minimum atomic E-state index is -0.0139. The van der Waals surface area contributed by atoms with Crippen molar-refractivity contribution in [1.29, 1.82) is 0 Å². The zero-order valence-electron chi connectivity index (χ0n) is 7.92. The van der Waals surface area contributed by atoms with E-state index in [9.17, 15) is 5.21 Å². The molecule has 0 aromatic carbocycles. The predicted octanol–water partition coefficient (Wildman–Crippen LogP) is 1.52. The molecule has 0 spiro atoms. The van der Waals surface area contributed by atoms with Gasteiger partial charge >= 0.3 is 0 Å². The highest BCUT2D eigenvalue weighted by Crippen LogP contribution is 2.11. The molecule has 0 bridgehead atoms. The van der Waals surface area contributed by atoms with Crippen molar-refractivity contribution in [3.05, 3.63) is 5.21 Å². The number of morpholine rings is 1. The van der Waals surface area contributed by atoms with E-state index >= 15 is 0 Å². The fourth-order valence-corrected chi connectivity index (χ4v) is 1.55. The third-order valence-electron chi connectivity index (χ3n) is 2.46. The van der Waals surface area contributed by atoms with E-state index in [1.54, 1.807) is 0 Å². The summed E-state index contributed by atoms with van der Waals surface area (Å²) in [4.78, 5) is 0. The predicted molar refractivity (Wildman–Crippen MR) is 48.6 cm³/mol. The molecule has 1 heterocycles. The summed E-state index contributed by atoms with van der Waals surface area (Å²) in [6, 6.07) is 0. The molecule has 72 valence electrons. The summed E-state index contributed by atoms with van der Waals surface area (Å²) in [5.41, 5.74) is 0. The minimum absolute atomic E-state index is 0.0139. The molecule has 1 saturated heterocycles. The van der Waals surface area contributed by atoms with Gasteiger partial charge in [-0.15, -0.1) is 0 Å². The molecule has 12 heavy (non-hydrogen) atoms. The maximum atomic E-state index is 11.9. The second kappa shape index (κ2) is 4.80. The summed E-state index contributed by atoms with van der Waals surface area (Å²) in [5.74, 6) is 0. The summed E-state index contributed by atoms with van der Waals surface area (Å²) in [6.45, 7) is 5.56. The van der Waals surface area contributed by atoms with Crippen molar-refractivity contribution >= 4 is 0 Å². The quantitative estimate of drug-likeness (QED) is 0.367. The van der Waals surface area contributed by atoms with Crippen LogP contribution in [0.2, 0.25) is 0 Å². The maximum absolute atomic E-state index is 11.9. The number of hydrogen-bond acceptors (Lipinski definition) is 2. The number of quaternary nitrogens is 1. The average Bonchev–Trinajstić information content (AvgIpc) is 2.06. The van der Waals surface area contributed by atoms with E-state index in [1.165, 1.54) is 12.8 Å². The lowest BCUT2D eigenvalue weighted by Gasteiger charge is -2.45. The fourth-order valence-electron chi connectivity index (χ4n) is 1.55. The molecule has 1 rings (SSSR count). The molecular formula is C9H19NO2. The van der Waals surface area contributed by atoms with Crippen molar-refractivity contribution in [3.8, 4) is 0 Å². The number of rotatable bonds is 4. The lowest BCUT2D eigenvalue weighted by atomic mass is 10.2. The van der Waals surface area contributed by atoms with Gasteiger partial charge in [-0.05, 0) is 12.8 Å². The fraction of sp³-hybridized carbons (Fsp3) is 1.00. The number of hydrogen-bond donors (Lipinski definition) is 0. The summed E-state index contributed by atoms with van der Waals surface area (Å²) >= 11 is 0. The summed E-state index contributed by atoms with van der Waals surface area (Å²) in [5, 5.41) is 11.9. The third kappa shape index (κ3) is 3.09. The van der Waals surface area contributed by atoms with E-state index in [0.29, 0.717) is 26.3 Å². The standard InChI is InChI=1S/C9H19NO2/c1-2-3-4-5-10(11)6-8-12-9-7-10/h2-9H2,1H3. The summed E-state index contributed by atoms with van der Waals surface area (Å²) < 4.78 is 5.14. The molecular weight excluding hydrogens is 154 g/mol. The molecule has 0 aromatic heterocycles. The van der Waals surface area contributed by atoms with Gasteiger partial charge < -0.3 is 14.6 Å². The molecule has 0 unspecified atom stereocenters. The van der Waals surface area contributed by atoms with E-state index in [4.69, 9.17) is 4.74 Å². The van der Waals surface area contributed by atoms with Gasteiger partial charge in [0.05, 0.1) is 19.8 Å². The second-order valence-electron chi connectivity index (χ2n) is 3.55. The summed E-state index contributed by atoms with van der Waals surface area (Å²) in [6.07, 6.45) is 3.44. The van der Waals surface area contributed by atoms with Crippen LogP contribution in [-0.2, 0) is 4.74 Å². The Hall–Kier alpha value is -0.120. The molecule has 3 heteroatoms. The van der Waals surface area contributed by atoms with Crippen LogP contribution in [-0.4, -0.2) is 37.5 Å². The number of ether oxygens (including phenoxy) is 1. The van der Waals surface area contributed by atoms with Gasteiger partial charge in [0.1, 0.15) is 13.1 Å². The van der Waals surface area contributed by atoms with Crippen LogP contribution in [0.5, 0.6) is 0 Å². The minimum Gasteiger partial charge on any atom is -0.633 e. The van der Waals surface area contributed by atoms with Gasteiger partial charge in [0.25, 0.3) is 0 Å². The lowest BCUT2D eigenvalue weighted by Crippen LogP contribution is -2.50. The normalized spacial score (nSPS) is 22.5. The monoisotopic (exact) mass is 173 g/mol. The van der Waals surface area contributed by atoms with Gasteiger partial charge in [-0.25, -0.2) is 0 Å². The SMILES string of the molecule is CCCCC[N+]1([O-])CCOCC1. The van der Waals surface area contributed by atoms with Crippen LogP contribution >= 0.6 is 0 Å². The zero-order valence-corrected chi connectivity index (χ0v) is 7.92. The van der Waals surface area contributed by atoms with E-state index in [0.717, 1.165) is 13.0 Å². The molecule has 0 N–H and O–H groups in total. The van der Waals surface area contributed by atoms with Crippen LogP contribution < -0.4 is 0 Å². The smallest absolute Gasteiger partial charge is 0.102 e. The Balaban J connectivity index is 2.17. The zero-order chi connectivity index (χ0) is 8.86. The van der Waals surface area contributed by atoms with Crippen LogP contribution in [0.3, 0.4) is 0 Å². The van der Waals surface area contributed by atoms with E-state index in [1.807, 2.05) is 0 Å². The van der Waals surface area contributed by atoms with Crippen molar-refractivity contribution in [2.24, 2.45) is 0 Å². The van der Waals surface area contributed by atoms with Gasteiger partial charge in [0, 0.05) is 0 Å². The Kier molecular flexibility index (Phi) is 3.98.